The molecule has 0 fully saturated rings. The van der Waals surface area contributed by atoms with Crippen molar-refractivity contribution in [3.63, 3.8) is 0 Å². The van der Waals surface area contributed by atoms with E-state index in [1.54, 1.807) is 36.4 Å². The number of pyridine rings is 1. The maximum atomic E-state index is 12.2. The molecule has 0 aliphatic rings. The molecule has 0 atom stereocenters. The van der Waals surface area contributed by atoms with E-state index in [-0.39, 0.29) is 5.95 Å². The van der Waals surface area contributed by atoms with Gasteiger partial charge in [0, 0.05) is 23.9 Å². The molecule has 24 heavy (non-hydrogen) atoms. The van der Waals surface area contributed by atoms with Crippen LogP contribution in [0, 0.1) is 0 Å². The molecule has 0 unspecified atom stereocenters. The normalized spacial score (nSPS) is 10.5. The summed E-state index contributed by atoms with van der Waals surface area (Å²) in [6, 6.07) is 9.68. The molecule has 124 valence electrons. The number of fused-ring (bicyclic) bond motifs is 1. The second-order valence-corrected chi connectivity index (χ2v) is 5.13. The van der Waals surface area contributed by atoms with Crippen LogP contribution < -0.4 is 20.1 Å². The van der Waals surface area contributed by atoms with Crippen molar-refractivity contribution in [1.82, 2.24) is 14.6 Å². The lowest BCUT2D eigenvalue weighted by molar-refractivity contribution is 0.262. The number of urea groups is 1. The van der Waals surface area contributed by atoms with Gasteiger partial charge in [0.2, 0.25) is 5.95 Å². The Bertz CT molecular complexity index is 874. The van der Waals surface area contributed by atoms with Crippen LogP contribution in [0.15, 0.2) is 36.4 Å². The highest BCUT2D eigenvalue weighted by atomic mass is 35.5. The highest BCUT2D eigenvalue weighted by Gasteiger charge is 2.12. The fourth-order valence-electron chi connectivity index (χ4n) is 2.13. The Balaban J connectivity index is 1.80. The van der Waals surface area contributed by atoms with Gasteiger partial charge < -0.3 is 14.8 Å². The minimum Gasteiger partial charge on any atom is -0.497 e. The lowest BCUT2D eigenvalue weighted by atomic mass is 10.3. The van der Waals surface area contributed by atoms with E-state index in [0.29, 0.717) is 28.0 Å². The van der Waals surface area contributed by atoms with Gasteiger partial charge in [0.1, 0.15) is 16.7 Å². The molecule has 3 aromatic rings. The third kappa shape index (κ3) is 3.18. The number of benzene rings is 1. The lowest BCUT2D eigenvalue weighted by Crippen LogP contribution is -2.21. The maximum absolute atomic E-state index is 12.2. The zero-order valence-corrected chi connectivity index (χ0v) is 13.7. The summed E-state index contributed by atoms with van der Waals surface area (Å²) < 4.78 is 11.8. The number of rotatable bonds is 4. The van der Waals surface area contributed by atoms with Gasteiger partial charge in [-0.1, -0.05) is 17.7 Å². The molecule has 3 rings (SSSR count). The number of halogens is 1. The first-order chi connectivity index (χ1) is 11.6. The number of ether oxygens (including phenoxy) is 2. The van der Waals surface area contributed by atoms with Crippen LogP contribution in [0.3, 0.4) is 0 Å². The monoisotopic (exact) mass is 347 g/mol. The molecule has 0 aliphatic heterocycles. The number of carbonyl (C=O) groups excluding carboxylic acids is 1. The van der Waals surface area contributed by atoms with Crippen molar-refractivity contribution in [2.24, 2.45) is 0 Å². The van der Waals surface area contributed by atoms with Crippen molar-refractivity contribution in [1.29, 1.82) is 0 Å². The maximum Gasteiger partial charge on any atom is 0.326 e. The van der Waals surface area contributed by atoms with Crippen LogP contribution in [0.2, 0.25) is 5.15 Å². The van der Waals surface area contributed by atoms with Crippen molar-refractivity contribution in [3.05, 3.63) is 41.6 Å². The molecule has 1 aromatic carbocycles. The number of carbonyl (C=O) groups is 1. The SMILES string of the molecule is COc1cc(NC(=O)Nc2nnc3cccc(Cl)n23)cc(OC)c1. The number of anilines is 2. The minimum absolute atomic E-state index is 0.211. The summed E-state index contributed by atoms with van der Waals surface area (Å²) in [5, 5.41) is 13.5. The number of hydrogen-bond acceptors (Lipinski definition) is 5. The van der Waals surface area contributed by atoms with Crippen molar-refractivity contribution < 1.29 is 14.3 Å². The Kier molecular flexibility index (Phi) is 4.39. The summed E-state index contributed by atoms with van der Waals surface area (Å²) in [5.41, 5.74) is 1.03. The van der Waals surface area contributed by atoms with Gasteiger partial charge in [-0.15, -0.1) is 10.2 Å². The average molecular weight is 348 g/mol. The number of nitrogens with zero attached hydrogens (tertiary/aromatic N) is 3. The van der Waals surface area contributed by atoms with Gasteiger partial charge in [-0.2, -0.15) is 0 Å². The highest BCUT2D eigenvalue weighted by molar-refractivity contribution is 6.30. The fraction of sp³-hybridized carbons (Fsp3) is 0.133. The van der Waals surface area contributed by atoms with Crippen LogP contribution in [0.5, 0.6) is 11.5 Å². The molecule has 8 nitrogen and oxygen atoms in total. The second kappa shape index (κ2) is 6.63. The van der Waals surface area contributed by atoms with E-state index >= 15 is 0 Å². The predicted octanol–water partition coefficient (Wildman–Crippen LogP) is 3.04. The minimum atomic E-state index is -0.500. The Morgan fingerprint density at radius 3 is 2.46 bits per heavy atom. The molecule has 2 aromatic heterocycles. The van der Waals surface area contributed by atoms with Crippen LogP contribution in [-0.2, 0) is 0 Å². The summed E-state index contributed by atoms with van der Waals surface area (Å²) in [4.78, 5) is 12.2. The summed E-state index contributed by atoms with van der Waals surface area (Å²) in [7, 11) is 3.06. The van der Waals surface area contributed by atoms with Crippen molar-refractivity contribution in [2.45, 2.75) is 0 Å². The largest absolute Gasteiger partial charge is 0.497 e. The van der Waals surface area contributed by atoms with Crippen LogP contribution in [0.1, 0.15) is 0 Å². The summed E-state index contributed by atoms with van der Waals surface area (Å²) >= 11 is 6.10. The van der Waals surface area contributed by atoms with Gasteiger partial charge in [-0.3, -0.25) is 9.72 Å². The quantitative estimate of drug-likeness (QED) is 0.708. The molecule has 2 amide bonds. The Morgan fingerprint density at radius 1 is 1.08 bits per heavy atom. The van der Waals surface area contributed by atoms with E-state index in [0.717, 1.165) is 0 Å². The molecular weight excluding hydrogens is 334 g/mol. The molecule has 2 heterocycles. The standard InChI is InChI=1S/C15H14ClN5O3/c1-23-10-6-9(7-11(8-10)24-2)17-15(22)18-14-20-19-13-5-3-4-12(16)21(13)14/h3-8H,1-2H3,(H2,17,18,20,22). The first kappa shape index (κ1) is 15.9. The molecule has 0 bridgehead atoms. The third-order valence-electron chi connectivity index (χ3n) is 3.22. The van der Waals surface area contributed by atoms with Crippen molar-refractivity contribution >= 4 is 34.9 Å². The summed E-state index contributed by atoms with van der Waals surface area (Å²) in [5.74, 6) is 1.32. The van der Waals surface area contributed by atoms with Gasteiger partial charge in [-0.05, 0) is 12.1 Å². The Labute approximate surface area is 142 Å². The molecule has 0 spiro atoms. The first-order valence-electron chi connectivity index (χ1n) is 6.91. The topological polar surface area (TPSA) is 89.8 Å². The Morgan fingerprint density at radius 2 is 1.79 bits per heavy atom. The molecule has 0 aliphatic carbocycles. The predicted molar refractivity (Wildman–Crippen MR) is 90.2 cm³/mol. The molecule has 0 saturated carbocycles. The zero-order chi connectivity index (χ0) is 17.1. The van der Waals surface area contributed by atoms with E-state index in [1.165, 1.54) is 18.6 Å². The van der Waals surface area contributed by atoms with E-state index in [4.69, 9.17) is 21.1 Å². The number of methoxy groups -OCH3 is 2. The molecule has 9 heteroatoms. The zero-order valence-electron chi connectivity index (χ0n) is 12.9. The van der Waals surface area contributed by atoms with E-state index < -0.39 is 6.03 Å². The van der Waals surface area contributed by atoms with Gasteiger partial charge >= 0.3 is 6.03 Å². The van der Waals surface area contributed by atoms with E-state index in [1.807, 2.05) is 0 Å². The summed E-state index contributed by atoms with van der Waals surface area (Å²) in [6.07, 6.45) is 0. The van der Waals surface area contributed by atoms with Crippen molar-refractivity contribution in [2.75, 3.05) is 24.9 Å². The summed E-state index contributed by atoms with van der Waals surface area (Å²) in [6.45, 7) is 0. The van der Waals surface area contributed by atoms with Gasteiger partial charge in [0.15, 0.2) is 5.65 Å². The average Bonchev–Trinajstić information content (AvgIpc) is 2.98. The number of nitrogens with one attached hydrogen (secondary N) is 2. The van der Waals surface area contributed by atoms with Crippen LogP contribution in [0.4, 0.5) is 16.4 Å². The van der Waals surface area contributed by atoms with Crippen LogP contribution >= 0.6 is 11.6 Å². The van der Waals surface area contributed by atoms with Gasteiger partial charge in [0.05, 0.1) is 14.2 Å². The Hall–Kier alpha value is -3.00. The number of amides is 2. The molecule has 2 N–H and O–H groups in total. The number of hydrogen-bond donors (Lipinski definition) is 2. The van der Waals surface area contributed by atoms with Gasteiger partial charge in [-0.25, -0.2) is 4.79 Å². The van der Waals surface area contributed by atoms with E-state index in [9.17, 15) is 4.79 Å². The molecule has 0 radical (unpaired) electrons. The molecular formula is C15H14ClN5O3. The van der Waals surface area contributed by atoms with Gasteiger partial charge in [0.25, 0.3) is 0 Å². The first-order valence-corrected chi connectivity index (χ1v) is 7.29. The third-order valence-corrected chi connectivity index (χ3v) is 3.51. The fourth-order valence-corrected chi connectivity index (χ4v) is 2.37. The van der Waals surface area contributed by atoms with E-state index in [2.05, 4.69) is 20.8 Å². The second-order valence-electron chi connectivity index (χ2n) is 4.75. The molecule has 0 saturated heterocycles. The van der Waals surface area contributed by atoms with Crippen LogP contribution in [0.25, 0.3) is 5.65 Å². The number of aromatic nitrogens is 3. The van der Waals surface area contributed by atoms with Crippen LogP contribution in [-0.4, -0.2) is 34.8 Å². The smallest absolute Gasteiger partial charge is 0.326 e. The lowest BCUT2D eigenvalue weighted by Gasteiger charge is -2.10. The van der Waals surface area contributed by atoms with Crippen molar-refractivity contribution in [3.8, 4) is 11.5 Å². The highest BCUT2D eigenvalue weighted by Crippen LogP contribution is 2.26.